The number of thioether (sulfide) groups is 1. The highest BCUT2D eigenvalue weighted by atomic mass is 32.2. The van der Waals surface area contributed by atoms with E-state index in [1.165, 1.54) is 11.0 Å². The van der Waals surface area contributed by atoms with Crippen LogP contribution >= 0.6 is 11.8 Å². The number of para-hydroxylation sites is 1. The lowest BCUT2D eigenvalue weighted by Gasteiger charge is -2.34. The Bertz CT molecular complexity index is 797. The number of phenols is 1. The maximum Gasteiger partial charge on any atom is 0.408 e. The zero-order chi connectivity index (χ0) is 25.7. The number of alkyl carbamates (subject to hydrolysis) is 1. The van der Waals surface area contributed by atoms with Gasteiger partial charge in [-0.1, -0.05) is 38.5 Å². The standard InChI is InChI=1S/C25H41N3O5S/c1-7-9-15-26-22(30)21(18-12-10-11-13-20(18)29)28(16-8-2)23(31)19(14-17-34-6)27-24(32)33-25(3,4)5/h10-13,19,21,29H,7-9,14-17H2,1-6H3,(H,26,30)(H,27,32). The summed E-state index contributed by atoms with van der Waals surface area (Å²) in [5, 5.41) is 16.1. The third-order valence-corrected chi connectivity index (χ3v) is 5.61. The average molecular weight is 496 g/mol. The maximum absolute atomic E-state index is 13.8. The van der Waals surface area contributed by atoms with Gasteiger partial charge in [0.25, 0.3) is 0 Å². The number of ether oxygens (including phenoxy) is 1. The Morgan fingerprint density at radius 3 is 2.38 bits per heavy atom. The third-order valence-electron chi connectivity index (χ3n) is 4.97. The molecule has 8 nitrogen and oxygen atoms in total. The molecule has 0 fully saturated rings. The second-order valence-corrected chi connectivity index (χ2v) is 10.1. The van der Waals surface area contributed by atoms with Gasteiger partial charge >= 0.3 is 6.09 Å². The van der Waals surface area contributed by atoms with Crippen molar-refractivity contribution in [3.63, 3.8) is 0 Å². The number of nitrogens with one attached hydrogen (secondary N) is 2. The van der Waals surface area contributed by atoms with Gasteiger partial charge in [0.05, 0.1) is 0 Å². The molecule has 0 aliphatic heterocycles. The molecule has 0 radical (unpaired) electrons. The molecule has 2 atom stereocenters. The summed E-state index contributed by atoms with van der Waals surface area (Å²) < 4.78 is 5.37. The van der Waals surface area contributed by atoms with Gasteiger partial charge in [0.1, 0.15) is 23.4 Å². The first-order valence-electron chi connectivity index (χ1n) is 11.9. The maximum atomic E-state index is 13.8. The fourth-order valence-corrected chi connectivity index (χ4v) is 3.88. The van der Waals surface area contributed by atoms with Gasteiger partial charge < -0.3 is 25.4 Å². The Morgan fingerprint density at radius 2 is 1.82 bits per heavy atom. The number of nitrogens with zero attached hydrogens (tertiary/aromatic N) is 1. The van der Waals surface area contributed by atoms with E-state index in [4.69, 9.17) is 4.74 Å². The highest BCUT2D eigenvalue weighted by molar-refractivity contribution is 7.98. The second-order valence-electron chi connectivity index (χ2n) is 9.12. The second kappa shape index (κ2) is 14.8. The Kier molecular flexibility index (Phi) is 12.9. The van der Waals surface area contributed by atoms with E-state index in [0.717, 1.165) is 12.8 Å². The van der Waals surface area contributed by atoms with Crippen molar-refractivity contribution in [2.75, 3.05) is 25.1 Å². The highest BCUT2D eigenvalue weighted by Crippen LogP contribution is 2.30. The molecule has 0 aromatic heterocycles. The van der Waals surface area contributed by atoms with Crippen LogP contribution in [0.2, 0.25) is 0 Å². The normalized spacial score (nSPS) is 13.0. The first kappa shape index (κ1) is 29.6. The van der Waals surface area contributed by atoms with Crippen LogP contribution in [-0.2, 0) is 14.3 Å². The van der Waals surface area contributed by atoms with Gasteiger partial charge in [-0.05, 0) is 58.1 Å². The van der Waals surface area contributed by atoms with Crippen LogP contribution in [0.25, 0.3) is 0 Å². The largest absolute Gasteiger partial charge is 0.508 e. The zero-order valence-electron chi connectivity index (χ0n) is 21.3. The predicted molar refractivity (Wildman–Crippen MR) is 137 cm³/mol. The summed E-state index contributed by atoms with van der Waals surface area (Å²) in [5.74, 6) is -0.179. The fourth-order valence-electron chi connectivity index (χ4n) is 3.40. The SMILES string of the molecule is CCCCNC(=O)C(c1ccccc1O)N(CCC)C(=O)C(CCSC)NC(=O)OC(C)(C)C. The number of benzene rings is 1. The van der Waals surface area contributed by atoms with Crippen molar-refractivity contribution < 1.29 is 24.2 Å². The number of rotatable bonds is 13. The van der Waals surface area contributed by atoms with E-state index in [0.29, 0.717) is 30.7 Å². The van der Waals surface area contributed by atoms with E-state index >= 15 is 0 Å². The molecule has 3 amide bonds. The van der Waals surface area contributed by atoms with Crippen molar-refractivity contribution >= 4 is 29.7 Å². The van der Waals surface area contributed by atoms with Gasteiger partial charge in [0.2, 0.25) is 11.8 Å². The summed E-state index contributed by atoms with van der Waals surface area (Å²) in [6.07, 6.45) is 3.93. The predicted octanol–water partition coefficient (Wildman–Crippen LogP) is 4.23. The topological polar surface area (TPSA) is 108 Å². The van der Waals surface area contributed by atoms with Crippen LogP contribution in [0.4, 0.5) is 4.79 Å². The number of hydrogen-bond acceptors (Lipinski definition) is 6. The molecule has 9 heteroatoms. The Labute approximate surface area is 208 Å². The van der Waals surface area contributed by atoms with Gasteiger partial charge in [0.15, 0.2) is 0 Å². The summed E-state index contributed by atoms with van der Waals surface area (Å²) in [6.45, 7) is 9.95. The third kappa shape index (κ3) is 9.83. The van der Waals surface area contributed by atoms with Crippen molar-refractivity contribution in [2.24, 2.45) is 0 Å². The lowest BCUT2D eigenvalue weighted by Crippen LogP contribution is -2.53. The fraction of sp³-hybridized carbons (Fsp3) is 0.640. The number of amides is 3. The van der Waals surface area contributed by atoms with Crippen molar-refractivity contribution in [2.45, 2.75) is 78.0 Å². The lowest BCUT2D eigenvalue weighted by atomic mass is 10.0. The molecule has 0 saturated carbocycles. The smallest absolute Gasteiger partial charge is 0.408 e. The number of phenolic OH excluding ortho intramolecular Hbond substituents is 1. The molecule has 34 heavy (non-hydrogen) atoms. The molecule has 0 aliphatic rings. The first-order chi connectivity index (χ1) is 16.1. The van der Waals surface area contributed by atoms with Crippen molar-refractivity contribution in [1.29, 1.82) is 0 Å². The number of hydrogen-bond donors (Lipinski definition) is 3. The monoisotopic (exact) mass is 495 g/mol. The van der Waals surface area contributed by atoms with E-state index in [2.05, 4.69) is 10.6 Å². The summed E-state index contributed by atoms with van der Waals surface area (Å²) in [7, 11) is 0. The van der Waals surface area contributed by atoms with Gasteiger partial charge in [-0.25, -0.2) is 4.79 Å². The van der Waals surface area contributed by atoms with Gasteiger partial charge in [-0.3, -0.25) is 9.59 Å². The van der Waals surface area contributed by atoms with Gasteiger partial charge in [-0.2, -0.15) is 11.8 Å². The molecule has 0 aliphatic carbocycles. The quantitative estimate of drug-likeness (QED) is 0.353. The highest BCUT2D eigenvalue weighted by Gasteiger charge is 2.36. The summed E-state index contributed by atoms with van der Waals surface area (Å²) >= 11 is 1.56. The Balaban J connectivity index is 3.35. The molecular weight excluding hydrogens is 454 g/mol. The van der Waals surface area contributed by atoms with Gasteiger partial charge in [0, 0.05) is 18.7 Å². The molecule has 0 bridgehead atoms. The minimum atomic E-state index is -1.03. The van der Waals surface area contributed by atoms with Crippen LogP contribution in [0.5, 0.6) is 5.75 Å². The minimum absolute atomic E-state index is 0.0622. The van der Waals surface area contributed by atoms with Crippen LogP contribution in [0, 0.1) is 0 Å². The van der Waals surface area contributed by atoms with Crippen LogP contribution in [0.15, 0.2) is 24.3 Å². The number of carbonyl (C=O) groups excluding carboxylic acids is 3. The summed E-state index contributed by atoms with van der Waals surface area (Å²) in [4.78, 5) is 41.0. The van der Waals surface area contributed by atoms with E-state index < -0.39 is 23.8 Å². The van der Waals surface area contributed by atoms with Crippen LogP contribution in [-0.4, -0.2) is 64.7 Å². The van der Waals surface area contributed by atoms with E-state index in [9.17, 15) is 19.5 Å². The summed E-state index contributed by atoms with van der Waals surface area (Å²) in [5.41, 5.74) is -0.364. The molecule has 1 aromatic carbocycles. The molecular formula is C25H41N3O5S. The molecule has 0 saturated heterocycles. The zero-order valence-corrected chi connectivity index (χ0v) is 22.2. The van der Waals surface area contributed by atoms with Crippen molar-refractivity contribution in [1.82, 2.24) is 15.5 Å². The lowest BCUT2D eigenvalue weighted by molar-refractivity contribution is -0.142. The molecule has 1 aromatic rings. The van der Waals surface area contributed by atoms with E-state index in [1.54, 1.807) is 50.7 Å². The molecule has 1 rings (SSSR count). The van der Waals surface area contributed by atoms with Crippen molar-refractivity contribution in [3.05, 3.63) is 29.8 Å². The average Bonchev–Trinajstić information content (AvgIpc) is 2.76. The Morgan fingerprint density at radius 1 is 1.15 bits per heavy atom. The molecule has 0 heterocycles. The molecule has 2 unspecified atom stereocenters. The van der Waals surface area contributed by atoms with Crippen LogP contribution < -0.4 is 10.6 Å². The van der Waals surface area contributed by atoms with Gasteiger partial charge in [-0.15, -0.1) is 0 Å². The first-order valence-corrected chi connectivity index (χ1v) is 13.3. The van der Waals surface area contributed by atoms with Crippen molar-refractivity contribution in [3.8, 4) is 5.75 Å². The molecule has 3 N–H and O–H groups in total. The number of unbranched alkanes of at least 4 members (excludes halogenated alkanes) is 1. The summed E-state index contributed by atoms with van der Waals surface area (Å²) in [6, 6.07) is 4.64. The van der Waals surface area contributed by atoms with E-state index in [-0.39, 0.29) is 24.1 Å². The molecule has 192 valence electrons. The van der Waals surface area contributed by atoms with Crippen LogP contribution in [0.1, 0.15) is 71.9 Å². The molecule has 0 spiro atoms. The number of aromatic hydroxyl groups is 1. The minimum Gasteiger partial charge on any atom is -0.508 e. The number of carbonyl (C=O) groups is 3. The van der Waals surface area contributed by atoms with E-state index in [1.807, 2.05) is 20.1 Å². The Hall–Kier alpha value is -2.42. The van der Waals surface area contributed by atoms with Crippen LogP contribution in [0.3, 0.4) is 0 Å².